The fraction of sp³-hybridized carbons (Fsp3) is 0.200. The van der Waals surface area contributed by atoms with Gasteiger partial charge in [-0.25, -0.2) is 4.79 Å². The number of carboxylic acids is 1. The van der Waals surface area contributed by atoms with Gasteiger partial charge in [-0.3, -0.25) is 4.79 Å². The molecule has 2 rings (SSSR count). The van der Waals surface area contributed by atoms with E-state index >= 15 is 0 Å². The van der Waals surface area contributed by atoms with Crippen LogP contribution in [0.25, 0.3) is 0 Å². The summed E-state index contributed by atoms with van der Waals surface area (Å²) in [5.74, 6) is -0.230. The number of furan rings is 1. The first kappa shape index (κ1) is 14.6. The predicted molar refractivity (Wildman–Crippen MR) is 72.2 cm³/mol. The van der Waals surface area contributed by atoms with E-state index in [0.29, 0.717) is 17.1 Å². The van der Waals surface area contributed by atoms with Crippen molar-refractivity contribution < 1.29 is 28.6 Å². The van der Waals surface area contributed by atoms with Crippen molar-refractivity contribution in [3.05, 3.63) is 53.5 Å². The molecule has 2 aromatic rings. The van der Waals surface area contributed by atoms with Crippen molar-refractivity contribution >= 4 is 11.9 Å². The molecule has 0 bridgehead atoms. The van der Waals surface area contributed by atoms with Crippen LogP contribution in [0.15, 0.2) is 40.8 Å². The highest BCUT2D eigenvalue weighted by molar-refractivity contribution is 5.86. The Bertz CT molecular complexity index is 626. The van der Waals surface area contributed by atoms with Gasteiger partial charge in [0, 0.05) is 0 Å². The van der Waals surface area contributed by atoms with Crippen molar-refractivity contribution in [3.8, 4) is 5.75 Å². The van der Waals surface area contributed by atoms with Crippen molar-refractivity contribution in [1.82, 2.24) is 0 Å². The number of hydrogen-bond donors (Lipinski definition) is 1. The van der Waals surface area contributed by atoms with Crippen LogP contribution in [0.3, 0.4) is 0 Å². The van der Waals surface area contributed by atoms with Crippen LogP contribution in [-0.4, -0.2) is 24.2 Å². The molecule has 110 valence electrons. The molecule has 0 unspecified atom stereocenters. The number of hydrogen-bond acceptors (Lipinski definition) is 5. The standard InChI is InChI=1S/C15H14O6/c1-19-15(18)13-7-6-12(21-13)9-20-11-4-2-10(3-5-11)8-14(16)17/h2-7H,8-9H2,1H3,(H,16,17). The molecule has 0 saturated carbocycles. The number of aliphatic carboxylic acids is 1. The second-order valence-corrected chi connectivity index (χ2v) is 4.26. The summed E-state index contributed by atoms with van der Waals surface area (Å²) < 4.78 is 15.3. The average Bonchev–Trinajstić information content (AvgIpc) is 2.94. The Labute approximate surface area is 120 Å². The molecular formula is C15H14O6. The zero-order valence-corrected chi connectivity index (χ0v) is 11.4. The molecule has 6 heteroatoms. The van der Waals surface area contributed by atoms with Crippen LogP contribution in [0.5, 0.6) is 5.75 Å². The van der Waals surface area contributed by atoms with Crippen LogP contribution in [0, 0.1) is 0 Å². The van der Waals surface area contributed by atoms with Gasteiger partial charge in [-0.1, -0.05) is 12.1 Å². The maximum Gasteiger partial charge on any atom is 0.373 e. The fourth-order valence-corrected chi connectivity index (χ4v) is 1.70. The van der Waals surface area contributed by atoms with E-state index in [1.165, 1.54) is 13.2 Å². The normalized spacial score (nSPS) is 10.1. The summed E-state index contributed by atoms with van der Waals surface area (Å²) in [6.07, 6.45) is -0.0268. The van der Waals surface area contributed by atoms with Gasteiger partial charge < -0.3 is 19.0 Å². The van der Waals surface area contributed by atoms with Crippen molar-refractivity contribution in [2.75, 3.05) is 7.11 Å². The van der Waals surface area contributed by atoms with Gasteiger partial charge in [0.05, 0.1) is 13.5 Å². The summed E-state index contributed by atoms with van der Waals surface area (Å²) in [5, 5.41) is 8.67. The number of rotatable bonds is 6. The van der Waals surface area contributed by atoms with Crippen molar-refractivity contribution in [3.63, 3.8) is 0 Å². The Morgan fingerprint density at radius 3 is 2.48 bits per heavy atom. The highest BCUT2D eigenvalue weighted by Crippen LogP contribution is 2.16. The minimum atomic E-state index is -0.880. The van der Waals surface area contributed by atoms with E-state index in [4.69, 9.17) is 14.3 Å². The number of methoxy groups -OCH3 is 1. The lowest BCUT2D eigenvalue weighted by molar-refractivity contribution is -0.136. The van der Waals surface area contributed by atoms with Crippen molar-refractivity contribution in [1.29, 1.82) is 0 Å². The summed E-state index contributed by atoms with van der Waals surface area (Å²) >= 11 is 0. The third-order valence-electron chi connectivity index (χ3n) is 2.71. The smallest absolute Gasteiger partial charge is 0.373 e. The fourth-order valence-electron chi connectivity index (χ4n) is 1.70. The van der Waals surface area contributed by atoms with Gasteiger partial charge in [-0.2, -0.15) is 0 Å². The van der Waals surface area contributed by atoms with Crippen molar-refractivity contribution in [2.45, 2.75) is 13.0 Å². The largest absolute Gasteiger partial charge is 0.486 e. The van der Waals surface area contributed by atoms with Gasteiger partial charge in [0.15, 0.2) is 0 Å². The van der Waals surface area contributed by atoms with Crippen LogP contribution in [0.1, 0.15) is 21.9 Å². The topological polar surface area (TPSA) is 86.0 Å². The zero-order chi connectivity index (χ0) is 15.2. The SMILES string of the molecule is COC(=O)c1ccc(COc2ccc(CC(=O)O)cc2)o1. The van der Waals surface area contributed by atoms with E-state index in [1.54, 1.807) is 30.3 Å². The Morgan fingerprint density at radius 2 is 1.86 bits per heavy atom. The first-order valence-corrected chi connectivity index (χ1v) is 6.19. The molecule has 0 atom stereocenters. The number of carbonyl (C=O) groups excluding carboxylic acids is 1. The van der Waals surface area contributed by atoms with Crippen LogP contribution in [0.4, 0.5) is 0 Å². The maximum atomic E-state index is 11.2. The van der Waals surface area contributed by atoms with E-state index in [0.717, 1.165) is 0 Å². The van der Waals surface area contributed by atoms with Crippen LogP contribution < -0.4 is 4.74 Å². The molecule has 1 N–H and O–H groups in total. The first-order chi connectivity index (χ1) is 10.1. The molecular weight excluding hydrogens is 276 g/mol. The average molecular weight is 290 g/mol. The van der Waals surface area contributed by atoms with E-state index in [2.05, 4.69) is 4.74 Å². The van der Waals surface area contributed by atoms with Crippen LogP contribution in [-0.2, 0) is 22.6 Å². The van der Waals surface area contributed by atoms with Gasteiger partial charge in [0.25, 0.3) is 0 Å². The molecule has 0 saturated heterocycles. The number of carboxylic acid groups (broad SMARTS) is 1. The summed E-state index contributed by atoms with van der Waals surface area (Å²) in [6.45, 7) is 0.162. The Morgan fingerprint density at radius 1 is 1.14 bits per heavy atom. The number of carbonyl (C=O) groups is 2. The van der Waals surface area contributed by atoms with Gasteiger partial charge in [-0.05, 0) is 29.8 Å². The van der Waals surface area contributed by atoms with Crippen LogP contribution >= 0.6 is 0 Å². The molecule has 1 heterocycles. The van der Waals surface area contributed by atoms with E-state index in [-0.39, 0.29) is 18.8 Å². The molecule has 0 radical (unpaired) electrons. The highest BCUT2D eigenvalue weighted by Gasteiger charge is 2.11. The van der Waals surface area contributed by atoms with Gasteiger partial charge in [-0.15, -0.1) is 0 Å². The van der Waals surface area contributed by atoms with E-state index in [1.807, 2.05) is 0 Å². The third kappa shape index (κ3) is 4.10. The molecule has 0 fully saturated rings. The lowest BCUT2D eigenvalue weighted by Crippen LogP contribution is -2.00. The second kappa shape index (κ2) is 6.60. The van der Waals surface area contributed by atoms with Gasteiger partial charge in [0.2, 0.25) is 5.76 Å². The first-order valence-electron chi connectivity index (χ1n) is 6.19. The molecule has 0 aliphatic heterocycles. The zero-order valence-electron chi connectivity index (χ0n) is 11.4. The molecule has 6 nitrogen and oxygen atoms in total. The third-order valence-corrected chi connectivity index (χ3v) is 2.71. The molecule has 0 spiro atoms. The minimum Gasteiger partial charge on any atom is -0.486 e. The Kier molecular flexibility index (Phi) is 4.61. The van der Waals surface area contributed by atoms with Crippen molar-refractivity contribution in [2.24, 2.45) is 0 Å². The quantitative estimate of drug-likeness (QED) is 0.821. The molecule has 21 heavy (non-hydrogen) atoms. The lowest BCUT2D eigenvalue weighted by atomic mass is 10.1. The number of esters is 1. The number of ether oxygens (including phenoxy) is 2. The Balaban J connectivity index is 1.92. The lowest BCUT2D eigenvalue weighted by Gasteiger charge is -2.05. The molecule has 0 amide bonds. The molecule has 0 aliphatic rings. The highest BCUT2D eigenvalue weighted by atomic mass is 16.5. The molecule has 0 aliphatic carbocycles. The predicted octanol–water partition coefficient (Wildman–Crippen LogP) is 2.27. The monoisotopic (exact) mass is 290 g/mol. The maximum absolute atomic E-state index is 11.2. The van der Waals surface area contributed by atoms with E-state index in [9.17, 15) is 9.59 Å². The molecule has 1 aromatic heterocycles. The summed E-state index contributed by atoms with van der Waals surface area (Å²) in [5.41, 5.74) is 0.695. The Hall–Kier alpha value is -2.76. The summed E-state index contributed by atoms with van der Waals surface area (Å²) in [6, 6.07) is 9.88. The summed E-state index contributed by atoms with van der Waals surface area (Å²) in [4.78, 5) is 21.8. The van der Waals surface area contributed by atoms with Gasteiger partial charge >= 0.3 is 11.9 Å². The molecule has 1 aromatic carbocycles. The van der Waals surface area contributed by atoms with Crippen LogP contribution in [0.2, 0.25) is 0 Å². The number of benzene rings is 1. The second-order valence-electron chi connectivity index (χ2n) is 4.26. The minimum absolute atomic E-state index is 0.0268. The summed E-state index contributed by atoms with van der Waals surface area (Å²) in [7, 11) is 1.28. The van der Waals surface area contributed by atoms with Gasteiger partial charge in [0.1, 0.15) is 18.1 Å². The van der Waals surface area contributed by atoms with E-state index < -0.39 is 11.9 Å².